The zero-order valence-corrected chi connectivity index (χ0v) is 12.6. The quantitative estimate of drug-likeness (QED) is 0.624. The van der Waals surface area contributed by atoms with Gasteiger partial charge >= 0.3 is 5.69 Å². The topological polar surface area (TPSA) is 90.2 Å². The van der Waals surface area contributed by atoms with Gasteiger partial charge in [0, 0.05) is 12.6 Å². The van der Waals surface area contributed by atoms with Gasteiger partial charge in [0.2, 0.25) is 5.13 Å². The van der Waals surface area contributed by atoms with Crippen LogP contribution in [0.15, 0.2) is 18.2 Å². The van der Waals surface area contributed by atoms with Crippen molar-refractivity contribution in [3.63, 3.8) is 0 Å². The third-order valence-electron chi connectivity index (χ3n) is 2.66. The molecule has 0 unspecified atom stereocenters. The maximum Gasteiger partial charge on any atom is 0.310 e. The summed E-state index contributed by atoms with van der Waals surface area (Å²) in [6.07, 6.45) is 1.00. The summed E-state index contributed by atoms with van der Waals surface area (Å²) in [5.41, 5.74) is 0.854. The highest BCUT2D eigenvalue weighted by molar-refractivity contribution is 7.15. The van der Waals surface area contributed by atoms with Crippen molar-refractivity contribution in [2.24, 2.45) is 0 Å². The Bertz CT molecular complexity index is 630. The second-order valence-corrected chi connectivity index (χ2v) is 5.51. The van der Waals surface area contributed by atoms with Gasteiger partial charge in [-0.25, -0.2) is 0 Å². The molecule has 0 fully saturated rings. The summed E-state index contributed by atoms with van der Waals surface area (Å²) in [6.45, 7) is 4.91. The molecule has 0 aliphatic heterocycles. The molecule has 0 atom stereocenters. The van der Waals surface area contributed by atoms with Crippen molar-refractivity contribution < 1.29 is 9.66 Å². The van der Waals surface area contributed by atoms with E-state index < -0.39 is 4.92 Å². The molecule has 1 heterocycles. The number of rotatable bonds is 7. The standard InChI is InChI=1S/C13H16N4O3S/c1-3-6-14-13-16-15-12(21-13)8-20-11-7-9(2)4-5-10(11)17(18)19/h4-5,7H,3,6,8H2,1-2H3,(H,14,16). The number of nitro benzene ring substituents is 1. The predicted molar refractivity (Wildman–Crippen MR) is 80.9 cm³/mol. The van der Waals surface area contributed by atoms with E-state index in [-0.39, 0.29) is 18.0 Å². The van der Waals surface area contributed by atoms with Crippen molar-refractivity contribution in [1.82, 2.24) is 10.2 Å². The van der Waals surface area contributed by atoms with Crippen molar-refractivity contribution in [3.05, 3.63) is 38.9 Å². The van der Waals surface area contributed by atoms with Crippen LogP contribution < -0.4 is 10.1 Å². The fourth-order valence-electron chi connectivity index (χ4n) is 1.64. The van der Waals surface area contributed by atoms with Gasteiger partial charge in [0.15, 0.2) is 10.8 Å². The van der Waals surface area contributed by atoms with Gasteiger partial charge in [-0.1, -0.05) is 24.3 Å². The van der Waals surface area contributed by atoms with Crippen LogP contribution in [-0.4, -0.2) is 21.7 Å². The van der Waals surface area contributed by atoms with Crippen LogP contribution in [0.2, 0.25) is 0 Å². The Morgan fingerprint density at radius 3 is 2.95 bits per heavy atom. The van der Waals surface area contributed by atoms with Crippen LogP contribution in [0.1, 0.15) is 23.9 Å². The first kappa shape index (κ1) is 15.2. The Kier molecular flexibility index (Phi) is 5.04. The zero-order chi connectivity index (χ0) is 15.2. The Morgan fingerprint density at radius 2 is 2.24 bits per heavy atom. The molecule has 1 aromatic carbocycles. The second kappa shape index (κ2) is 6.98. The molecule has 0 amide bonds. The van der Waals surface area contributed by atoms with Crippen LogP contribution in [0.5, 0.6) is 5.75 Å². The Labute approximate surface area is 126 Å². The van der Waals surface area contributed by atoms with E-state index in [1.165, 1.54) is 17.4 Å². The third-order valence-corrected chi connectivity index (χ3v) is 3.51. The maximum atomic E-state index is 11.0. The molecule has 8 heteroatoms. The van der Waals surface area contributed by atoms with E-state index in [0.29, 0.717) is 5.01 Å². The summed E-state index contributed by atoms with van der Waals surface area (Å²) in [5.74, 6) is 0.248. The molecule has 2 rings (SSSR count). The number of nitro groups is 1. The normalized spacial score (nSPS) is 10.4. The van der Waals surface area contributed by atoms with Crippen LogP contribution in [0, 0.1) is 17.0 Å². The molecular weight excluding hydrogens is 292 g/mol. The monoisotopic (exact) mass is 308 g/mol. The molecule has 0 spiro atoms. The van der Waals surface area contributed by atoms with Crippen LogP contribution in [0.4, 0.5) is 10.8 Å². The van der Waals surface area contributed by atoms with Gasteiger partial charge in [-0.3, -0.25) is 10.1 Å². The van der Waals surface area contributed by atoms with Gasteiger partial charge in [-0.2, -0.15) is 0 Å². The number of aryl methyl sites for hydroxylation is 1. The van der Waals surface area contributed by atoms with Crippen molar-refractivity contribution in [2.75, 3.05) is 11.9 Å². The molecule has 0 saturated heterocycles. The predicted octanol–water partition coefficient (Wildman–Crippen LogP) is 3.16. The smallest absolute Gasteiger partial charge is 0.310 e. The van der Waals surface area contributed by atoms with Gasteiger partial charge in [0.05, 0.1) is 4.92 Å². The van der Waals surface area contributed by atoms with Crippen molar-refractivity contribution >= 4 is 22.2 Å². The number of anilines is 1. The van der Waals surface area contributed by atoms with E-state index >= 15 is 0 Å². The lowest BCUT2D eigenvalue weighted by Gasteiger charge is -2.05. The first-order chi connectivity index (χ1) is 10.1. The number of hydrogen-bond acceptors (Lipinski definition) is 7. The number of nitrogens with one attached hydrogen (secondary N) is 1. The fraction of sp³-hybridized carbons (Fsp3) is 0.385. The molecule has 0 bridgehead atoms. The van der Waals surface area contributed by atoms with Gasteiger partial charge in [-0.15, -0.1) is 10.2 Å². The van der Waals surface area contributed by atoms with E-state index in [1.54, 1.807) is 12.1 Å². The average Bonchev–Trinajstić information content (AvgIpc) is 2.90. The van der Waals surface area contributed by atoms with E-state index in [1.807, 2.05) is 6.92 Å². The van der Waals surface area contributed by atoms with E-state index in [2.05, 4.69) is 22.4 Å². The third kappa shape index (κ3) is 4.12. The van der Waals surface area contributed by atoms with E-state index in [4.69, 9.17) is 4.74 Å². The average molecular weight is 308 g/mol. The minimum absolute atomic E-state index is 0.0468. The first-order valence-electron chi connectivity index (χ1n) is 6.54. The Balaban J connectivity index is 2.04. The highest BCUT2D eigenvalue weighted by Crippen LogP contribution is 2.29. The van der Waals surface area contributed by atoms with Crippen LogP contribution in [-0.2, 0) is 6.61 Å². The molecule has 7 nitrogen and oxygen atoms in total. The van der Waals surface area contributed by atoms with Gasteiger partial charge in [0.1, 0.15) is 6.61 Å². The second-order valence-electron chi connectivity index (χ2n) is 4.44. The number of hydrogen-bond donors (Lipinski definition) is 1. The van der Waals surface area contributed by atoms with Crippen LogP contribution in [0.25, 0.3) is 0 Å². The summed E-state index contributed by atoms with van der Waals surface area (Å²) in [7, 11) is 0. The van der Waals surface area contributed by atoms with Gasteiger partial charge in [0.25, 0.3) is 0 Å². The van der Waals surface area contributed by atoms with Crippen LogP contribution in [0.3, 0.4) is 0 Å². The Hall–Kier alpha value is -2.22. The molecule has 1 N–H and O–H groups in total. The molecule has 1 aromatic heterocycles. The van der Waals surface area contributed by atoms with Gasteiger partial charge in [-0.05, 0) is 25.0 Å². The lowest BCUT2D eigenvalue weighted by atomic mass is 10.2. The van der Waals surface area contributed by atoms with Crippen LogP contribution >= 0.6 is 11.3 Å². The molecule has 0 saturated carbocycles. The van der Waals surface area contributed by atoms with Crippen molar-refractivity contribution in [1.29, 1.82) is 0 Å². The SMILES string of the molecule is CCCNc1nnc(COc2cc(C)ccc2[N+](=O)[O-])s1. The molecular formula is C13H16N4O3S. The van der Waals surface area contributed by atoms with Crippen molar-refractivity contribution in [3.8, 4) is 5.75 Å². The van der Waals surface area contributed by atoms with Crippen molar-refractivity contribution in [2.45, 2.75) is 26.9 Å². The maximum absolute atomic E-state index is 11.0. The summed E-state index contributed by atoms with van der Waals surface area (Å²) in [5, 5.41) is 23.5. The summed E-state index contributed by atoms with van der Waals surface area (Å²) in [4.78, 5) is 10.5. The minimum Gasteiger partial charge on any atom is -0.479 e. The molecule has 2 aromatic rings. The molecule has 0 radical (unpaired) electrons. The Morgan fingerprint density at radius 1 is 1.43 bits per heavy atom. The summed E-state index contributed by atoms with van der Waals surface area (Å²) >= 11 is 1.38. The van der Waals surface area contributed by atoms with E-state index in [0.717, 1.165) is 23.7 Å². The highest BCUT2D eigenvalue weighted by Gasteiger charge is 2.15. The van der Waals surface area contributed by atoms with Gasteiger partial charge < -0.3 is 10.1 Å². The fourth-order valence-corrected chi connectivity index (χ4v) is 2.32. The first-order valence-corrected chi connectivity index (χ1v) is 7.36. The largest absolute Gasteiger partial charge is 0.479 e. The highest BCUT2D eigenvalue weighted by atomic mass is 32.1. The lowest BCUT2D eigenvalue weighted by molar-refractivity contribution is -0.386. The minimum atomic E-state index is -0.455. The molecule has 0 aliphatic carbocycles. The lowest BCUT2D eigenvalue weighted by Crippen LogP contribution is -1.99. The zero-order valence-electron chi connectivity index (χ0n) is 11.8. The number of benzene rings is 1. The molecule has 0 aliphatic rings. The summed E-state index contributed by atoms with van der Waals surface area (Å²) < 4.78 is 5.52. The van der Waals surface area contributed by atoms with E-state index in [9.17, 15) is 10.1 Å². The number of ether oxygens (including phenoxy) is 1. The molecule has 112 valence electrons. The number of aromatic nitrogens is 2. The summed E-state index contributed by atoms with van der Waals surface area (Å²) in [6, 6.07) is 4.77. The molecule has 21 heavy (non-hydrogen) atoms. The number of nitrogens with zero attached hydrogens (tertiary/aromatic N) is 3.